The average Bonchev–Trinajstić information content (AvgIpc) is 2.91. The molecule has 2 aromatic heterocycles. The lowest BCUT2D eigenvalue weighted by Crippen LogP contribution is -1.93. The molecule has 3 aromatic rings. The molecule has 0 aliphatic carbocycles. The minimum Gasteiger partial charge on any atom is -0.477 e. The second-order valence-corrected chi connectivity index (χ2v) is 5.23. The summed E-state index contributed by atoms with van der Waals surface area (Å²) in [6, 6.07) is 8.39. The van der Waals surface area contributed by atoms with E-state index in [1.54, 1.807) is 11.3 Å². The van der Waals surface area contributed by atoms with Gasteiger partial charge >= 0.3 is 0 Å². The fourth-order valence-electron chi connectivity index (χ4n) is 2.46. The van der Waals surface area contributed by atoms with E-state index in [1.807, 2.05) is 0 Å². The van der Waals surface area contributed by atoms with Gasteiger partial charge in [-0.3, -0.25) is 0 Å². The van der Waals surface area contributed by atoms with Gasteiger partial charge in [-0.25, -0.2) is 0 Å². The van der Waals surface area contributed by atoms with Gasteiger partial charge in [0.25, 0.3) is 0 Å². The molecule has 1 aliphatic heterocycles. The van der Waals surface area contributed by atoms with E-state index in [9.17, 15) is 0 Å². The van der Waals surface area contributed by atoms with Crippen LogP contribution in [0.1, 0.15) is 5.56 Å². The van der Waals surface area contributed by atoms with Gasteiger partial charge in [0.05, 0.1) is 11.3 Å². The molecule has 3 heterocycles. The standard InChI is InChI=1S/C13H10N2OS/c14-12-11-10(8-5-6-16-13(8)15-12)7-3-1-2-4-9(7)17-11/h1-4H,5-6H2,(H2,14,15). The van der Waals surface area contributed by atoms with Gasteiger partial charge in [0, 0.05) is 27.5 Å². The van der Waals surface area contributed by atoms with Crippen molar-refractivity contribution >= 4 is 37.3 Å². The smallest absolute Gasteiger partial charge is 0.219 e. The number of benzene rings is 1. The van der Waals surface area contributed by atoms with Crippen molar-refractivity contribution in [3.63, 3.8) is 0 Å². The average molecular weight is 242 g/mol. The molecule has 84 valence electrons. The Morgan fingerprint density at radius 3 is 3.12 bits per heavy atom. The third-order valence-electron chi connectivity index (χ3n) is 3.20. The van der Waals surface area contributed by atoms with Crippen LogP contribution in [-0.2, 0) is 6.42 Å². The van der Waals surface area contributed by atoms with Crippen LogP contribution in [0.15, 0.2) is 24.3 Å². The Morgan fingerprint density at radius 2 is 2.18 bits per heavy atom. The van der Waals surface area contributed by atoms with Gasteiger partial charge in [-0.2, -0.15) is 4.98 Å². The van der Waals surface area contributed by atoms with E-state index in [0.717, 1.165) is 17.0 Å². The Balaban J connectivity index is 2.30. The van der Waals surface area contributed by atoms with Crippen molar-refractivity contribution in [3.05, 3.63) is 29.8 Å². The number of rotatable bonds is 0. The zero-order chi connectivity index (χ0) is 11.4. The van der Waals surface area contributed by atoms with Crippen molar-refractivity contribution < 1.29 is 4.74 Å². The summed E-state index contributed by atoms with van der Waals surface area (Å²) >= 11 is 1.71. The first-order valence-corrected chi connectivity index (χ1v) is 6.38. The van der Waals surface area contributed by atoms with E-state index < -0.39 is 0 Å². The van der Waals surface area contributed by atoms with Crippen LogP contribution in [0.5, 0.6) is 5.88 Å². The van der Waals surface area contributed by atoms with E-state index >= 15 is 0 Å². The minimum atomic E-state index is 0.585. The van der Waals surface area contributed by atoms with Gasteiger partial charge in [-0.1, -0.05) is 18.2 Å². The number of nitrogens with two attached hydrogens (primary N) is 1. The first-order chi connectivity index (χ1) is 8.34. The highest BCUT2D eigenvalue weighted by atomic mass is 32.1. The van der Waals surface area contributed by atoms with Crippen molar-refractivity contribution in [3.8, 4) is 5.88 Å². The number of thiophene rings is 1. The molecule has 17 heavy (non-hydrogen) atoms. The number of ether oxygens (including phenoxy) is 1. The summed E-state index contributed by atoms with van der Waals surface area (Å²) in [4.78, 5) is 4.34. The second-order valence-electron chi connectivity index (χ2n) is 4.18. The highest BCUT2D eigenvalue weighted by molar-refractivity contribution is 7.26. The zero-order valence-corrected chi connectivity index (χ0v) is 9.88. The van der Waals surface area contributed by atoms with Crippen LogP contribution in [-0.4, -0.2) is 11.6 Å². The Kier molecular flexibility index (Phi) is 1.69. The van der Waals surface area contributed by atoms with Crippen LogP contribution in [0.25, 0.3) is 20.2 Å². The van der Waals surface area contributed by atoms with Crippen molar-refractivity contribution in [1.29, 1.82) is 0 Å². The SMILES string of the molecule is Nc1nc2c(c3c1sc1ccccc13)CCO2. The normalized spacial score (nSPS) is 14.1. The molecular weight excluding hydrogens is 232 g/mol. The van der Waals surface area contributed by atoms with Gasteiger partial charge in [-0.15, -0.1) is 11.3 Å². The molecule has 0 atom stereocenters. The first-order valence-electron chi connectivity index (χ1n) is 5.57. The zero-order valence-electron chi connectivity index (χ0n) is 9.06. The van der Waals surface area contributed by atoms with Crippen molar-refractivity contribution in [1.82, 2.24) is 4.98 Å². The lowest BCUT2D eigenvalue weighted by atomic mass is 10.1. The summed E-state index contributed by atoms with van der Waals surface area (Å²) in [5.74, 6) is 1.31. The molecule has 0 fully saturated rings. The van der Waals surface area contributed by atoms with Gasteiger partial charge in [0.1, 0.15) is 5.82 Å². The molecule has 0 saturated heterocycles. The number of hydrogen-bond donors (Lipinski definition) is 1. The van der Waals surface area contributed by atoms with Crippen LogP contribution in [0.3, 0.4) is 0 Å². The van der Waals surface area contributed by atoms with Crippen LogP contribution in [0.2, 0.25) is 0 Å². The summed E-state index contributed by atoms with van der Waals surface area (Å²) in [5, 5.41) is 2.51. The molecule has 0 spiro atoms. The van der Waals surface area contributed by atoms with Crippen LogP contribution in [0.4, 0.5) is 5.82 Å². The fourth-order valence-corrected chi connectivity index (χ4v) is 3.59. The first kappa shape index (κ1) is 9.24. The largest absolute Gasteiger partial charge is 0.477 e. The summed E-state index contributed by atoms with van der Waals surface area (Å²) in [6.45, 7) is 0.713. The van der Waals surface area contributed by atoms with E-state index in [-0.39, 0.29) is 0 Å². The number of hydrogen-bond acceptors (Lipinski definition) is 4. The van der Waals surface area contributed by atoms with Crippen LogP contribution < -0.4 is 10.5 Å². The molecule has 0 amide bonds. The van der Waals surface area contributed by atoms with Gasteiger partial charge in [-0.05, 0) is 6.07 Å². The topological polar surface area (TPSA) is 48.1 Å². The third kappa shape index (κ3) is 1.13. The van der Waals surface area contributed by atoms with E-state index in [1.165, 1.54) is 21.0 Å². The Morgan fingerprint density at radius 1 is 1.29 bits per heavy atom. The molecule has 0 bridgehead atoms. The number of nitrogen functional groups attached to an aromatic ring is 1. The van der Waals surface area contributed by atoms with E-state index in [2.05, 4.69) is 29.2 Å². The molecular formula is C13H10N2OS. The summed E-state index contributed by atoms with van der Waals surface area (Å²) in [5.41, 5.74) is 7.23. The van der Waals surface area contributed by atoms with Crippen molar-refractivity contribution in [2.75, 3.05) is 12.3 Å². The monoisotopic (exact) mass is 242 g/mol. The molecule has 4 heteroatoms. The highest BCUT2D eigenvalue weighted by Crippen LogP contribution is 2.42. The maximum atomic E-state index is 6.01. The van der Waals surface area contributed by atoms with E-state index in [0.29, 0.717) is 12.4 Å². The molecule has 3 nitrogen and oxygen atoms in total. The van der Waals surface area contributed by atoms with Crippen LogP contribution >= 0.6 is 11.3 Å². The maximum absolute atomic E-state index is 6.01. The highest BCUT2D eigenvalue weighted by Gasteiger charge is 2.22. The number of nitrogens with zero attached hydrogens (tertiary/aromatic N) is 1. The third-order valence-corrected chi connectivity index (χ3v) is 4.39. The molecule has 4 rings (SSSR count). The summed E-state index contributed by atoms with van der Waals surface area (Å²) in [6.07, 6.45) is 0.930. The number of fused-ring (bicyclic) bond motifs is 5. The lowest BCUT2D eigenvalue weighted by Gasteiger charge is -2.02. The molecule has 1 aromatic carbocycles. The van der Waals surface area contributed by atoms with Gasteiger partial charge in [0.15, 0.2) is 0 Å². The molecule has 0 saturated carbocycles. The molecule has 0 unspecified atom stereocenters. The predicted octanol–water partition coefficient (Wildman–Crippen LogP) is 2.97. The van der Waals surface area contributed by atoms with Crippen molar-refractivity contribution in [2.24, 2.45) is 0 Å². The molecule has 0 radical (unpaired) electrons. The summed E-state index contributed by atoms with van der Waals surface area (Å²) < 4.78 is 7.87. The minimum absolute atomic E-state index is 0.585. The van der Waals surface area contributed by atoms with Crippen molar-refractivity contribution in [2.45, 2.75) is 6.42 Å². The Bertz CT molecular complexity index is 748. The lowest BCUT2D eigenvalue weighted by molar-refractivity contribution is 0.345. The Hall–Kier alpha value is -1.81. The van der Waals surface area contributed by atoms with Gasteiger partial charge < -0.3 is 10.5 Å². The maximum Gasteiger partial charge on any atom is 0.219 e. The Labute approximate surface area is 102 Å². The number of aromatic nitrogens is 1. The van der Waals surface area contributed by atoms with Crippen LogP contribution in [0, 0.1) is 0 Å². The molecule has 2 N–H and O–H groups in total. The summed E-state index contributed by atoms with van der Waals surface area (Å²) in [7, 11) is 0. The predicted molar refractivity (Wildman–Crippen MR) is 70.7 cm³/mol. The quantitative estimate of drug-likeness (QED) is 0.659. The van der Waals surface area contributed by atoms with Gasteiger partial charge in [0.2, 0.25) is 5.88 Å². The second kappa shape index (κ2) is 3.11. The number of pyridine rings is 1. The number of anilines is 1. The fraction of sp³-hybridized carbons (Fsp3) is 0.154. The molecule has 1 aliphatic rings. The van der Waals surface area contributed by atoms with E-state index in [4.69, 9.17) is 10.5 Å².